The largest absolute Gasteiger partial charge is 0.497 e. The van der Waals surface area contributed by atoms with Gasteiger partial charge in [-0.3, -0.25) is 10.1 Å². The summed E-state index contributed by atoms with van der Waals surface area (Å²) >= 11 is 0. The van der Waals surface area contributed by atoms with E-state index in [2.05, 4.69) is 4.72 Å². The molecule has 7 nitrogen and oxygen atoms in total. The molecule has 0 heterocycles. The van der Waals surface area contributed by atoms with Gasteiger partial charge in [-0.25, -0.2) is 13.1 Å². The summed E-state index contributed by atoms with van der Waals surface area (Å²) in [5.41, 5.74) is 0.587. The zero-order valence-corrected chi connectivity index (χ0v) is 12.5. The summed E-state index contributed by atoms with van der Waals surface area (Å²) in [5, 5.41) is 10.6. The fraction of sp³-hybridized carbons (Fsp3) is 0.143. The maximum Gasteiger partial charge on any atom is 0.269 e. The normalized spacial score (nSPS) is 11.1. The lowest BCUT2D eigenvalue weighted by Crippen LogP contribution is -2.23. The predicted molar refractivity (Wildman–Crippen MR) is 80.1 cm³/mol. The summed E-state index contributed by atoms with van der Waals surface area (Å²) in [6, 6.07) is 11.7. The van der Waals surface area contributed by atoms with Crippen molar-refractivity contribution < 1.29 is 18.1 Å². The molecular formula is C14H14N2O5S. The first-order valence-corrected chi connectivity index (χ1v) is 7.78. The average molecular weight is 322 g/mol. The molecule has 0 saturated heterocycles. The van der Waals surface area contributed by atoms with Crippen LogP contribution < -0.4 is 9.46 Å². The van der Waals surface area contributed by atoms with Crippen LogP contribution in [-0.4, -0.2) is 20.5 Å². The number of nitrogens with one attached hydrogen (secondary N) is 1. The number of benzene rings is 2. The molecule has 0 saturated carbocycles. The lowest BCUT2D eigenvalue weighted by molar-refractivity contribution is -0.384. The van der Waals surface area contributed by atoms with E-state index < -0.39 is 14.9 Å². The summed E-state index contributed by atoms with van der Waals surface area (Å²) in [5.74, 6) is 0.564. The molecule has 0 aliphatic rings. The van der Waals surface area contributed by atoms with Crippen LogP contribution >= 0.6 is 0 Å². The zero-order chi connectivity index (χ0) is 16.2. The number of hydrogen-bond acceptors (Lipinski definition) is 5. The van der Waals surface area contributed by atoms with E-state index in [9.17, 15) is 18.5 Å². The monoisotopic (exact) mass is 322 g/mol. The van der Waals surface area contributed by atoms with E-state index >= 15 is 0 Å². The van der Waals surface area contributed by atoms with Gasteiger partial charge in [0.1, 0.15) is 5.75 Å². The second kappa shape index (κ2) is 6.54. The van der Waals surface area contributed by atoms with Gasteiger partial charge in [-0.2, -0.15) is 0 Å². The van der Waals surface area contributed by atoms with E-state index in [4.69, 9.17) is 4.74 Å². The Kier molecular flexibility index (Phi) is 4.74. The quantitative estimate of drug-likeness (QED) is 0.648. The minimum absolute atomic E-state index is 0.0400. The number of nitrogens with zero attached hydrogens (tertiary/aromatic N) is 1. The molecule has 0 aliphatic carbocycles. The highest BCUT2D eigenvalue weighted by Crippen LogP contribution is 2.16. The van der Waals surface area contributed by atoms with Gasteiger partial charge in [-0.15, -0.1) is 0 Å². The topological polar surface area (TPSA) is 98.5 Å². The van der Waals surface area contributed by atoms with Crippen LogP contribution in [0.15, 0.2) is 53.4 Å². The van der Waals surface area contributed by atoms with Crippen molar-refractivity contribution >= 4 is 15.7 Å². The lowest BCUT2D eigenvalue weighted by Gasteiger charge is -2.07. The van der Waals surface area contributed by atoms with Gasteiger partial charge in [0, 0.05) is 18.7 Å². The molecular weight excluding hydrogens is 308 g/mol. The van der Waals surface area contributed by atoms with Crippen LogP contribution in [0.4, 0.5) is 5.69 Å². The highest BCUT2D eigenvalue weighted by molar-refractivity contribution is 7.89. The molecule has 0 aliphatic heterocycles. The molecule has 0 radical (unpaired) electrons. The molecule has 1 N–H and O–H groups in total. The molecule has 0 aromatic heterocycles. The van der Waals surface area contributed by atoms with Crippen molar-refractivity contribution in [2.75, 3.05) is 7.11 Å². The Bertz CT molecular complexity index is 755. The molecule has 0 unspecified atom stereocenters. The van der Waals surface area contributed by atoms with E-state index in [1.165, 1.54) is 43.5 Å². The van der Waals surface area contributed by atoms with Gasteiger partial charge in [0.2, 0.25) is 10.0 Å². The van der Waals surface area contributed by atoms with Crippen LogP contribution in [0.1, 0.15) is 5.56 Å². The van der Waals surface area contributed by atoms with Crippen LogP contribution in [0.25, 0.3) is 0 Å². The minimum Gasteiger partial charge on any atom is -0.497 e. The van der Waals surface area contributed by atoms with Crippen molar-refractivity contribution in [3.63, 3.8) is 0 Å². The maximum atomic E-state index is 12.1. The Morgan fingerprint density at radius 3 is 2.18 bits per heavy atom. The molecule has 8 heteroatoms. The van der Waals surface area contributed by atoms with Gasteiger partial charge in [0.25, 0.3) is 5.69 Å². The van der Waals surface area contributed by atoms with Crippen molar-refractivity contribution in [3.05, 3.63) is 64.2 Å². The Labute approximate surface area is 127 Å². The number of ether oxygens (including phenoxy) is 1. The molecule has 2 rings (SSSR count). The summed E-state index contributed by atoms with van der Waals surface area (Å²) in [4.78, 5) is 10.2. The Morgan fingerprint density at radius 2 is 1.68 bits per heavy atom. The number of rotatable bonds is 6. The van der Waals surface area contributed by atoms with Gasteiger partial charge in [-0.1, -0.05) is 12.1 Å². The highest BCUT2D eigenvalue weighted by atomic mass is 32.2. The fourth-order valence-corrected chi connectivity index (χ4v) is 2.77. The summed E-state index contributed by atoms with van der Waals surface area (Å²) in [7, 11) is -2.15. The molecule has 116 valence electrons. The smallest absolute Gasteiger partial charge is 0.269 e. The van der Waals surface area contributed by atoms with Crippen LogP contribution in [0.3, 0.4) is 0 Å². The van der Waals surface area contributed by atoms with Crippen LogP contribution in [-0.2, 0) is 16.6 Å². The molecule has 0 fully saturated rings. The van der Waals surface area contributed by atoms with Gasteiger partial charge < -0.3 is 4.74 Å². The van der Waals surface area contributed by atoms with Gasteiger partial charge in [-0.05, 0) is 29.8 Å². The fourth-order valence-electron chi connectivity index (χ4n) is 1.75. The van der Waals surface area contributed by atoms with Crippen molar-refractivity contribution in [2.24, 2.45) is 0 Å². The number of nitro benzene ring substituents is 1. The Hall–Kier alpha value is -2.45. The molecule has 2 aromatic rings. The Balaban J connectivity index is 2.06. The third-order valence-corrected chi connectivity index (χ3v) is 4.40. The van der Waals surface area contributed by atoms with Gasteiger partial charge >= 0.3 is 0 Å². The number of non-ortho nitro benzene ring substituents is 1. The number of hydrogen-bond donors (Lipinski definition) is 1. The number of nitro groups is 1. The lowest BCUT2D eigenvalue weighted by atomic mass is 10.2. The van der Waals surface area contributed by atoms with Crippen molar-refractivity contribution in [1.82, 2.24) is 4.72 Å². The van der Waals surface area contributed by atoms with E-state index in [0.717, 1.165) is 0 Å². The van der Waals surface area contributed by atoms with Crippen LogP contribution in [0.2, 0.25) is 0 Å². The first kappa shape index (κ1) is 15.9. The molecule has 0 bridgehead atoms. The van der Waals surface area contributed by atoms with Crippen molar-refractivity contribution in [2.45, 2.75) is 11.4 Å². The molecule has 0 amide bonds. The van der Waals surface area contributed by atoms with Crippen molar-refractivity contribution in [1.29, 1.82) is 0 Å². The standard InChI is InChI=1S/C14H14N2O5S/c1-21-13-6-8-14(9-7-13)22(19,20)15-10-11-2-4-12(5-3-11)16(17)18/h2-9,15H,10H2,1H3. The average Bonchev–Trinajstić information content (AvgIpc) is 2.53. The first-order chi connectivity index (χ1) is 10.4. The third-order valence-electron chi connectivity index (χ3n) is 2.98. The number of sulfonamides is 1. The van der Waals surface area contributed by atoms with E-state index in [0.29, 0.717) is 11.3 Å². The van der Waals surface area contributed by atoms with Gasteiger partial charge in [0.15, 0.2) is 0 Å². The minimum atomic E-state index is -3.65. The zero-order valence-electron chi connectivity index (χ0n) is 11.7. The first-order valence-electron chi connectivity index (χ1n) is 6.29. The molecule has 0 atom stereocenters. The summed E-state index contributed by atoms with van der Waals surface area (Å²) in [6.07, 6.45) is 0. The van der Waals surface area contributed by atoms with E-state index in [1.807, 2.05) is 0 Å². The molecule has 0 spiro atoms. The van der Waals surface area contributed by atoms with Crippen LogP contribution in [0.5, 0.6) is 5.75 Å². The molecule has 2 aromatic carbocycles. The highest BCUT2D eigenvalue weighted by Gasteiger charge is 2.14. The van der Waals surface area contributed by atoms with Crippen LogP contribution in [0, 0.1) is 10.1 Å². The summed E-state index contributed by atoms with van der Waals surface area (Å²) < 4.78 is 31.7. The van der Waals surface area contributed by atoms with Gasteiger partial charge in [0.05, 0.1) is 16.9 Å². The third kappa shape index (κ3) is 3.80. The van der Waals surface area contributed by atoms with Crippen molar-refractivity contribution in [3.8, 4) is 5.75 Å². The van der Waals surface area contributed by atoms with E-state index in [-0.39, 0.29) is 17.1 Å². The number of methoxy groups -OCH3 is 1. The second-order valence-electron chi connectivity index (χ2n) is 4.42. The predicted octanol–water partition coefficient (Wildman–Crippen LogP) is 2.08. The SMILES string of the molecule is COc1ccc(S(=O)(=O)NCc2ccc([N+](=O)[O-])cc2)cc1. The Morgan fingerprint density at radius 1 is 1.09 bits per heavy atom. The second-order valence-corrected chi connectivity index (χ2v) is 6.19. The summed E-state index contributed by atoms with van der Waals surface area (Å²) in [6.45, 7) is 0.0480. The van der Waals surface area contributed by atoms with E-state index in [1.54, 1.807) is 12.1 Å². The maximum absolute atomic E-state index is 12.1. The molecule has 22 heavy (non-hydrogen) atoms.